The van der Waals surface area contributed by atoms with Gasteiger partial charge in [0.1, 0.15) is 5.75 Å². The monoisotopic (exact) mass is 355 g/mol. The lowest BCUT2D eigenvalue weighted by molar-refractivity contribution is -0.274. The Morgan fingerprint density at radius 1 is 1.08 bits per heavy atom. The second kappa shape index (κ2) is 6.36. The van der Waals surface area contributed by atoms with Gasteiger partial charge < -0.3 is 9.64 Å². The molecule has 1 saturated heterocycles. The standard InChI is InChI=1S/C17H13ClF3NO2/c18-15-4-2-1-3-13(15)14-9-10-22(16(14)23)11-5-7-12(8-6-11)24-17(19,20)21/h1-8,14H,9-10H2. The van der Waals surface area contributed by atoms with E-state index in [1.807, 2.05) is 12.1 Å². The number of hydrogen-bond donors (Lipinski definition) is 0. The molecular weight excluding hydrogens is 343 g/mol. The molecule has 2 aromatic rings. The Morgan fingerprint density at radius 3 is 2.38 bits per heavy atom. The van der Waals surface area contributed by atoms with Crippen molar-refractivity contribution >= 4 is 23.2 Å². The maximum Gasteiger partial charge on any atom is 0.573 e. The van der Waals surface area contributed by atoms with E-state index in [-0.39, 0.29) is 17.6 Å². The minimum Gasteiger partial charge on any atom is -0.406 e. The van der Waals surface area contributed by atoms with Crippen LogP contribution in [-0.2, 0) is 4.79 Å². The molecule has 0 aromatic heterocycles. The predicted octanol–water partition coefficient (Wildman–Crippen LogP) is 4.76. The normalized spacial score (nSPS) is 18.1. The number of carbonyl (C=O) groups is 1. The predicted molar refractivity (Wildman–Crippen MR) is 84.3 cm³/mol. The van der Waals surface area contributed by atoms with Gasteiger partial charge in [0.05, 0.1) is 5.92 Å². The number of amides is 1. The number of hydrogen-bond acceptors (Lipinski definition) is 2. The van der Waals surface area contributed by atoms with E-state index < -0.39 is 6.36 Å². The van der Waals surface area contributed by atoms with Gasteiger partial charge in [-0.25, -0.2) is 0 Å². The molecule has 0 N–H and O–H groups in total. The van der Waals surface area contributed by atoms with Crippen molar-refractivity contribution in [3.8, 4) is 5.75 Å². The Kier molecular flexibility index (Phi) is 4.41. The lowest BCUT2D eigenvalue weighted by Gasteiger charge is -2.18. The third kappa shape index (κ3) is 3.48. The van der Waals surface area contributed by atoms with Gasteiger partial charge >= 0.3 is 6.36 Å². The fourth-order valence-corrected chi connectivity index (χ4v) is 3.08. The summed E-state index contributed by atoms with van der Waals surface area (Å²) in [5, 5.41) is 0.534. The fraction of sp³-hybridized carbons (Fsp3) is 0.235. The van der Waals surface area contributed by atoms with Gasteiger partial charge in [0, 0.05) is 17.3 Å². The summed E-state index contributed by atoms with van der Waals surface area (Å²) in [6.45, 7) is 0.480. The smallest absolute Gasteiger partial charge is 0.406 e. The largest absolute Gasteiger partial charge is 0.573 e. The van der Waals surface area contributed by atoms with Crippen molar-refractivity contribution in [2.24, 2.45) is 0 Å². The molecule has 1 unspecified atom stereocenters. The van der Waals surface area contributed by atoms with Crippen LogP contribution in [0, 0.1) is 0 Å². The summed E-state index contributed by atoms with van der Waals surface area (Å²) < 4.78 is 40.4. The van der Waals surface area contributed by atoms with Gasteiger partial charge in [0.2, 0.25) is 5.91 Å². The SMILES string of the molecule is O=C1C(c2ccccc2Cl)CCN1c1ccc(OC(F)(F)F)cc1. The first kappa shape index (κ1) is 16.6. The van der Waals surface area contributed by atoms with Crippen molar-refractivity contribution < 1.29 is 22.7 Å². The molecule has 0 radical (unpaired) electrons. The molecule has 3 nitrogen and oxygen atoms in total. The van der Waals surface area contributed by atoms with Crippen LogP contribution in [0.3, 0.4) is 0 Å². The summed E-state index contributed by atoms with van der Waals surface area (Å²) in [7, 11) is 0. The fourth-order valence-electron chi connectivity index (χ4n) is 2.81. The summed E-state index contributed by atoms with van der Waals surface area (Å²) in [6.07, 6.45) is -4.14. The van der Waals surface area contributed by atoms with Gasteiger partial charge in [0.25, 0.3) is 0 Å². The molecule has 1 amide bonds. The van der Waals surface area contributed by atoms with Crippen LogP contribution in [0.5, 0.6) is 5.75 Å². The Morgan fingerprint density at radius 2 is 1.75 bits per heavy atom. The van der Waals surface area contributed by atoms with E-state index in [1.165, 1.54) is 24.3 Å². The zero-order chi connectivity index (χ0) is 17.3. The van der Waals surface area contributed by atoms with Crippen molar-refractivity contribution in [3.63, 3.8) is 0 Å². The number of ether oxygens (including phenoxy) is 1. The summed E-state index contributed by atoms with van der Waals surface area (Å²) >= 11 is 6.15. The molecule has 0 aliphatic carbocycles. The average molecular weight is 356 g/mol. The van der Waals surface area contributed by atoms with Crippen molar-refractivity contribution in [1.82, 2.24) is 0 Å². The van der Waals surface area contributed by atoms with Gasteiger partial charge in [-0.3, -0.25) is 4.79 Å². The van der Waals surface area contributed by atoms with E-state index in [9.17, 15) is 18.0 Å². The van der Waals surface area contributed by atoms with Crippen LogP contribution in [0.25, 0.3) is 0 Å². The van der Waals surface area contributed by atoms with Crippen LogP contribution in [0.15, 0.2) is 48.5 Å². The van der Waals surface area contributed by atoms with E-state index in [4.69, 9.17) is 11.6 Å². The minimum absolute atomic E-state index is 0.118. The van der Waals surface area contributed by atoms with Crippen molar-refractivity contribution in [1.29, 1.82) is 0 Å². The summed E-state index contributed by atoms with van der Waals surface area (Å²) in [5.74, 6) is -0.780. The van der Waals surface area contributed by atoms with Crippen molar-refractivity contribution in [2.45, 2.75) is 18.7 Å². The van der Waals surface area contributed by atoms with E-state index in [0.29, 0.717) is 23.7 Å². The molecule has 7 heteroatoms. The molecule has 2 aromatic carbocycles. The highest BCUT2D eigenvalue weighted by atomic mass is 35.5. The van der Waals surface area contributed by atoms with Crippen molar-refractivity contribution in [2.75, 3.05) is 11.4 Å². The van der Waals surface area contributed by atoms with E-state index in [2.05, 4.69) is 4.74 Å². The highest BCUT2D eigenvalue weighted by Gasteiger charge is 2.35. The molecule has 0 bridgehead atoms. The highest BCUT2D eigenvalue weighted by molar-refractivity contribution is 6.31. The van der Waals surface area contributed by atoms with Crippen LogP contribution in [0.1, 0.15) is 17.9 Å². The molecule has 1 aliphatic rings. The second-order valence-corrected chi connectivity index (χ2v) is 5.80. The average Bonchev–Trinajstić information content (AvgIpc) is 2.89. The molecular formula is C17H13ClF3NO2. The molecule has 0 spiro atoms. The zero-order valence-corrected chi connectivity index (χ0v) is 13.1. The minimum atomic E-state index is -4.74. The Hall–Kier alpha value is -2.21. The van der Waals surface area contributed by atoms with Crippen LogP contribution in [0.4, 0.5) is 18.9 Å². The molecule has 0 saturated carbocycles. The van der Waals surface area contributed by atoms with Gasteiger partial charge in [-0.05, 0) is 42.3 Å². The van der Waals surface area contributed by atoms with Crippen molar-refractivity contribution in [3.05, 3.63) is 59.1 Å². The quantitative estimate of drug-likeness (QED) is 0.794. The van der Waals surface area contributed by atoms with Gasteiger partial charge in [-0.15, -0.1) is 13.2 Å². The topological polar surface area (TPSA) is 29.5 Å². The number of alkyl halides is 3. The second-order valence-electron chi connectivity index (χ2n) is 5.39. The maximum absolute atomic E-state index is 12.6. The molecule has 1 aliphatic heterocycles. The number of nitrogens with zero attached hydrogens (tertiary/aromatic N) is 1. The summed E-state index contributed by atoms with van der Waals surface area (Å²) in [4.78, 5) is 14.2. The number of anilines is 1. The molecule has 1 fully saturated rings. The Labute approximate surface area is 141 Å². The number of carbonyl (C=O) groups excluding carboxylic acids is 1. The van der Waals surface area contributed by atoms with Crippen LogP contribution >= 0.6 is 11.6 Å². The molecule has 1 atom stereocenters. The summed E-state index contributed by atoms with van der Waals surface area (Å²) in [6, 6.07) is 12.4. The van der Waals surface area contributed by atoms with Crippen LogP contribution < -0.4 is 9.64 Å². The zero-order valence-electron chi connectivity index (χ0n) is 12.4. The third-order valence-corrected chi connectivity index (χ3v) is 4.21. The number of benzene rings is 2. The molecule has 24 heavy (non-hydrogen) atoms. The summed E-state index contributed by atoms with van der Waals surface area (Å²) in [5.41, 5.74) is 1.30. The highest BCUT2D eigenvalue weighted by Crippen LogP contribution is 2.36. The maximum atomic E-state index is 12.6. The van der Waals surface area contributed by atoms with Gasteiger partial charge in [-0.2, -0.15) is 0 Å². The molecule has 3 rings (SSSR count). The first-order valence-electron chi connectivity index (χ1n) is 7.27. The first-order chi connectivity index (χ1) is 11.3. The lowest BCUT2D eigenvalue weighted by Crippen LogP contribution is -2.26. The van der Waals surface area contributed by atoms with E-state index >= 15 is 0 Å². The van der Waals surface area contributed by atoms with E-state index in [1.54, 1.807) is 17.0 Å². The Bertz CT molecular complexity index is 746. The molecule has 126 valence electrons. The molecule has 1 heterocycles. The third-order valence-electron chi connectivity index (χ3n) is 3.87. The number of halogens is 4. The Balaban J connectivity index is 1.77. The van der Waals surface area contributed by atoms with Gasteiger partial charge in [-0.1, -0.05) is 29.8 Å². The lowest BCUT2D eigenvalue weighted by atomic mass is 9.98. The first-order valence-corrected chi connectivity index (χ1v) is 7.64. The van der Waals surface area contributed by atoms with Crippen LogP contribution in [-0.4, -0.2) is 18.8 Å². The van der Waals surface area contributed by atoms with Gasteiger partial charge in [0.15, 0.2) is 0 Å². The number of rotatable bonds is 3. The van der Waals surface area contributed by atoms with E-state index in [0.717, 1.165) is 5.56 Å². The van der Waals surface area contributed by atoms with Crippen LogP contribution in [0.2, 0.25) is 5.02 Å².